The fourth-order valence-corrected chi connectivity index (χ4v) is 2.88. The number of nitrogens with zero attached hydrogens (tertiary/aromatic N) is 5. The van der Waals surface area contributed by atoms with Gasteiger partial charge >= 0.3 is 16.8 Å². The quantitative estimate of drug-likeness (QED) is 0.333. The third kappa shape index (κ3) is 7.93. The third-order valence-electron chi connectivity index (χ3n) is 4.42. The number of hydrogen-bond donors (Lipinski definition) is 2. The summed E-state index contributed by atoms with van der Waals surface area (Å²) in [5, 5.41) is 13.2. The summed E-state index contributed by atoms with van der Waals surface area (Å²) in [6.45, 7) is 8.17. The Labute approximate surface area is 184 Å². The van der Waals surface area contributed by atoms with Crippen molar-refractivity contribution >= 4 is 11.4 Å². The molecule has 2 aliphatic rings. The zero-order valence-electron chi connectivity index (χ0n) is 15.7. The van der Waals surface area contributed by atoms with Crippen LogP contribution in [0.15, 0.2) is 28.4 Å². The largest absolute Gasteiger partial charge is 2.00 e. The minimum atomic E-state index is 0. The topological polar surface area (TPSA) is 68.2 Å². The Morgan fingerprint density at radius 2 is 1.19 bits per heavy atom. The van der Waals surface area contributed by atoms with Crippen LogP contribution in [0.3, 0.4) is 0 Å². The van der Waals surface area contributed by atoms with Crippen LogP contribution in [0.1, 0.15) is 50.9 Å². The van der Waals surface area contributed by atoms with E-state index in [9.17, 15) is 0 Å². The maximum Gasteiger partial charge on any atom is 2.00 e. The van der Waals surface area contributed by atoms with E-state index in [1.165, 1.54) is 25.7 Å². The zero-order valence-corrected chi connectivity index (χ0v) is 18.3. The van der Waals surface area contributed by atoms with Gasteiger partial charge in [0, 0.05) is 26.2 Å². The van der Waals surface area contributed by atoms with Gasteiger partial charge in [0.05, 0.1) is 22.8 Å². The van der Waals surface area contributed by atoms with Crippen molar-refractivity contribution in [2.24, 2.45) is 10.2 Å². The third-order valence-corrected chi connectivity index (χ3v) is 4.42. The van der Waals surface area contributed by atoms with Crippen LogP contribution < -0.4 is 35.9 Å². The molecule has 0 spiro atoms. The zero-order chi connectivity index (χ0) is 16.8. The average molecular weight is 459 g/mol. The van der Waals surface area contributed by atoms with Gasteiger partial charge in [-0.25, -0.2) is 26.1 Å². The van der Waals surface area contributed by atoms with E-state index in [1.807, 2.05) is 32.0 Å². The molecule has 0 aromatic carbocycles. The molecule has 2 saturated heterocycles. The summed E-state index contributed by atoms with van der Waals surface area (Å²) in [5.74, 6) is 0. The summed E-state index contributed by atoms with van der Waals surface area (Å²) in [7, 11) is 0. The molecule has 2 N–H and O–H groups in total. The van der Waals surface area contributed by atoms with E-state index in [0.29, 0.717) is 0 Å². The van der Waals surface area contributed by atoms with Crippen molar-refractivity contribution in [1.82, 2.24) is 26.1 Å². The van der Waals surface area contributed by atoms with E-state index < -0.39 is 0 Å². The van der Waals surface area contributed by atoms with Crippen LogP contribution in [0.25, 0.3) is 0 Å². The first-order chi connectivity index (χ1) is 11.7. The number of hydrazone groups is 2. The van der Waals surface area contributed by atoms with Gasteiger partial charge in [-0.05, 0) is 51.7 Å². The van der Waals surface area contributed by atoms with E-state index >= 15 is 0 Å². The van der Waals surface area contributed by atoms with Gasteiger partial charge in [0.1, 0.15) is 0 Å². The van der Waals surface area contributed by atoms with Crippen LogP contribution in [-0.2, 0) is 16.8 Å². The van der Waals surface area contributed by atoms with Crippen LogP contribution in [-0.4, -0.2) is 52.6 Å². The van der Waals surface area contributed by atoms with Crippen molar-refractivity contribution in [2.45, 2.75) is 39.5 Å². The molecule has 2 aliphatic heterocycles. The number of rotatable bonds is 6. The van der Waals surface area contributed by atoms with Crippen LogP contribution in [0.5, 0.6) is 0 Å². The Morgan fingerprint density at radius 1 is 0.815 bits per heavy atom. The molecule has 153 valence electrons. The molecule has 0 bridgehead atoms. The van der Waals surface area contributed by atoms with Crippen LogP contribution in [0.4, 0.5) is 0 Å². The predicted octanol–water partition coefficient (Wildman–Crippen LogP) is -4.26. The Bertz CT molecular complexity index is 566. The van der Waals surface area contributed by atoms with Gasteiger partial charge in [-0.2, -0.15) is 10.2 Å². The molecule has 0 amide bonds. The van der Waals surface area contributed by atoms with Gasteiger partial charge in [0.15, 0.2) is 0 Å². The Kier molecular flexibility index (Phi) is 12.9. The molecule has 2 fully saturated rings. The number of hydrazine groups is 2. The Hall–Kier alpha value is -0.904. The first-order valence-corrected chi connectivity index (χ1v) is 8.80. The number of pyridine rings is 1. The summed E-state index contributed by atoms with van der Waals surface area (Å²) in [4.78, 5) is 4.68. The molecule has 1 radical (unpaired) electrons. The van der Waals surface area contributed by atoms with Crippen molar-refractivity contribution in [2.75, 3.05) is 26.2 Å². The van der Waals surface area contributed by atoms with Crippen LogP contribution in [0.2, 0.25) is 0 Å². The van der Waals surface area contributed by atoms with E-state index in [2.05, 4.69) is 36.3 Å². The van der Waals surface area contributed by atoms with Crippen LogP contribution in [0, 0.1) is 0 Å². The summed E-state index contributed by atoms with van der Waals surface area (Å²) in [6.07, 6.45) is 4.92. The molecule has 0 atom stereocenters. The molecule has 27 heavy (non-hydrogen) atoms. The molecular weight excluding hydrogens is 432 g/mol. The molecule has 3 rings (SSSR count). The maximum absolute atomic E-state index is 4.68. The SMILES string of the molecule is CC(=NNN1CCCC1)c1cccc(C(C)=NNN2CCCC2)n1.[Cl-].[Cl-].[Co+2]. The van der Waals surface area contributed by atoms with Gasteiger partial charge in [-0.1, -0.05) is 6.07 Å². The van der Waals surface area contributed by atoms with E-state index in [4.69, 9.17) is 0 Å². The molecule has 0 unspecified atom stereocenters. The smallest absolute Gasteiger partial charge is 1.00 e. The second-order valence-corrected chi connectivity index (χ2v) is 6.39. The predicted molar refractivity (Wildman–Crippen MR) is 96.5 cm³/mol. The van der Waals surface area contributed by atoms with Gasteiger partial charge in [-0.15, -0.1) is 0 Å². The fraction of sp³-hybridized carbons (Fsp3) is 0.588. The second kappa shape index (κ2) is 13.3. The summed E-state index contributed by atoms with van der Waals surface area (Å²) >= 11 is 0. The molecule has 7 nitrogen and oxygen atoms in total. The first-order valence-electron chi connectivity index (χ1n) is 8.80. The second-order valence-electron chi connectivity index (χ2n) is 6.39. The summed E-state index contributed by atoms with van der Waals surface area (Å²) in [6, 6.07) is 5.96. The Morgan fingerprint density at radius 3 is 1.56 bits per heavy atom. The van der Waals surface area contributed by atoms with Gasteiger partial charge in [0.25, 0.3) is 0 Å². The van der Waals surface area contributed by atoms with Crippen molar-refractivity contribution in [3.63, 3.8) is 0 Å². The van der Waals surface area contributed by atoms with Crippen molar-refractivity contribution in [3.8, 4) is 0 Å². The average Bonchev–Trinajstić information content (AvgIpc) is 3.31. The van der Waals surface area contributed by atoms with Gasteiger partial charge in [0.2, 0.25) is 0 Å². The number of nitrogens with one attached hydrogen (secondary N) is 2. The fourth-order valence-electron chi connectivity index (χ4n) is 2.88. The van der Waals surface area contributed by atoms with E-state index in [-0.39, 0.29) is 41.6 Å². The van der Waals surface area contributed by atoms with E-state index in [0.717, 1.165) is 49.0 Å². The molecule has 0 saturated carbocycles. The van der Waals surface area contributed by atoms with Gasteiger partial charge in [-0.3, -0.25) is 0 Å². The first kappa shape index (κ1) is 26.1. The molecular formula is C17H27Cl2CoN7. The summed E-state index contributed by atoms with van der Waals surface area (Å²) < 4.78 is 0. The maximum atomic E-state index is 4.68. The molecule has 1 aromatic heterocycles. The molecule has 3 heterocycles. The minimum Gasteiger partial charge on any atom is -1.00 e. The molecule has 0 aliphatic carbocycles. The monoisotopic (exact) mass is 458 g/mol. The normalized spacial score (nSPS) is 18.3. The van der Waals surface area contributed by atoms with E-state index in [1.54, 1.807) is 0 Å². The number of aromatic nitrogens is 1. The Balaban J connectivity index is 0.00000225. The minimum absolute atomic E-state index is 0. The van der Waals surface area contributed by atoms with Gasteiger partial charge < -0.3 is 24.8 Å². The number of hydrogen-bond acceptors (Lipinski definition) is 7. The van der Waals surface area contributed by atoms with Crippen molar-refractivity contribution in [3.05, 3.63) is 29.6 Å². The molecule has 1 aromatic rings. The van der Waals surface area contributed by atoms with Crippen molar-refractivity contribution in [1.29, 1.82) is 0 Å². The molecule has 10 heteroatoms. The van der Waals surface area contributed by atoms with Crippen LogP contribution >= 0.6 is 0 Å². The standard InChI is InChI=1S/C17H27N7.2ClH.Co/c1-14(19-21-23-10-3-4-11-23)16-8-7-9-17(18-16)15(2)20-22-24-12-5-6-13-24;;;/h7-9,21-22H,3-6,10-13H2,1-2H3;2*1H;/q;;;+2/p-2. The summed E-state index contributed by atoms with van der Waals surface area (Å²) in [5.41, 5.74) is 9.74. The van der Waals surface area contributed by atoms with Crippen molar-refractivity contribution < 1.29 is 41.6 Å². The number of halogens is 2.